The molecule has 0 unspecified atom stereocenters. The highest BCUT2D eigenvalue weighted by molar-refractivity contribution is 6.31. The molecule has 1 heterocycles. The van der Waals surface area contributed by atoms with Crippen molar-refractivity contribution < 1.29 is 14.2 Å². The number of pyridine rings is 1. The number of benzene rings is 1. The Kier molecular flexibility index (Phi) is 5.15. The molecule has 0 saturated heterocycles. The van der Waals surface area contributed by atoms with Gasteiger partial charge in [0.25, 0.3) is 0 Å². The van der Waals surface area contributed by atoms with Gasteiger partial charge >= 0.3 is 0 Å². The second-order valence-electron chi connectivity index (χ2n) is 4.01. The third kappa shape index (κ3) is 3.82. The van der Waals surface area contributed by atoms with Crippen molar-refractivity contribution in [2.45, 2.75) is 6.54 Å². The van der Waals surface area contributed by atoms with Crippen LogP contribution in [-0.2, 0) is 6.54 Å². The molecule has 2 rings (SSSR count). The fourth-order valence-electron chi connectivity index (χ4n) is 1.61. The monoisotopic (exact) mass is 296 g/mol. The van der Waals surface area contributed by atoms with Crippen molar-refractivity contribution in [3.8, 4) is 5.88 Å². The second-order valence-corrected chi connectivity index (χ2v) is 4.42. The van der Waals surface area contributed by atoms with Gasteiger partial charge < -0.3 is 15.2 Å². The summed E-state index contributed by atoms with van der Waals surface area (Å²) in [5, 5.41) is 12.0. The van der Waals surface area contributed by atoms with E-state index in [-0.39, 0.29) is 25.6 Å². The summed E-state index contributed by atoms with van der Waals surface area (Å²) in [6.07, 6.45) is 1.57. The minimum atomic E-state index is -0.346. The van der Waals surface area contributed by atoms with Gasteiger partial charge in [-0.1, -0.05) is 17.7 Å². The van der Waals surface area contributed by atoms with Crippen LogP contribution in [-0.4, -0.2) is 23.3 Å². The summed E-state index contributed by atoms with van der Waals surface area (Å²) in [6.45, 7) is 0.405. The van der Waals surface area contributed by atoms with Crippen LogP contribution in [0.3, 0.4) is 0 Å². The summed E-state index contributed by atoms with van der Waals surface area (Å²) in [6, 6.07) is 8.00. The minimum absolute atomic E-state index is 0.0620. The van der Waals surface area contributed by atoms with Gasteiger partial charge in [-0.15, -0.1) is 0 Å². The predicted octanol–water partition coefficient (Wildman–Crippen LogP) is 2.86. The Morgan fingerprint density at radius 2 is 2.15 bits per heavy atom. The molecular formula is C14H14ClFN2O2. The van der Waals surface area contributed by atoms with Crippen molar-refractivity contribution in [2.75, 3.05) is 18.5 Å². The highest BCUT2D eigenvalue weighted by Gasteiger charge is 2.06. The summed E-state index contributed by atoms with van der Waals surface area (Å²) < 4.78 is 18.7. The number of aliphatic hydroxyl groups excluding tert-OH is 1. The number of rotatable bonds is 6. The van der Waals surface area contributed by atoms with Crippen LogP contribution in [0, 0.1) is 5.82 Å². The van der Waals surface area contributed by atoms with Gasteiger partial charge in [0.2, 0.25) is 5.88 Å². The van der Waals surface area contributed by atoms with E-state index in [1.807, 2.05) is 0 Å². The van der Waals surface area contributed by atoms with Gasteiger partial charge in [-0.2, -0.15) is 0 Å². The quantitative estimate of drug-likeness (QED) is 0.861. The summed E-state index contributed by atoms with van der Waals surface area (Å²) in [7, 11) is 0. The molecule has 0 spiro atoms. The first-order chi connectivity index (χ1) is 9.70. The molecule has 106 valence electrons. The molecular weight excluding hydrogens is 283 g/mol. The summed E-state index contributed by atoms with van der Waals surface area (Å²) in [5.74, 6) is 0.0781. The lowest BCUT2D eigenvalue weighted by Crippen LogP contribution is -2.05. The number of ether oxygens (including phenoxy) is 1. The predicted molar refractivity (Wildman–Crippen MR) is 75.6 cm³/mol. The average molecular weight is 297 g/mol. The van der Waals surface area contributed by atoms with Gasteiger partial charge in [0.15, 0.2) is 0 Å². The van der Waals surface area contributed by atoms with E-state index in [1.165, 1.54) is 6.07 Å². The van der Waals surface area contributed by atoms with Gasteiger partial charge in [-0.25, -0.2) is 9.37 Å². The molecule has 0 aliphatic rings. The first kappa shape index (κ1) is 14.6. The van der Waals surface area contributed by atoms with Crippen LogP contribution in [0.25, 0.3) is 0 Å². The highest BCUT2D eigenvalue weighted by atomic mass is 35.5. The van der Waals surface area contributed by atoms with Crippen LogP contribution in [0.15, 0.2) is 36.5 Å². The maximum atomic E-state index is 13.6. The molecule has 2 aromatic rings. The molecule has 1 aromatic heterocycles. The molecule has 20 heavy (non-hydrogen) atoms. The van der Waals surface area contributed by atoms with E-state index in [9.17, 15) is 4.39 Å². The third-order valence-electron chi connectivity index (χ3n) is 2.61. The molecule has 0 saturated carbocycles. The number of nitrogens with zero attached hydrogens (tertiary/aromatic N) is 1. The molecule has 0 bridgehead atoms. The van der Waals surface area contributed by atoms with E-state index in [2.05, 4.69) is 10.3 Å². The van der Waals surface area contributed by atoms with Crippen molar-refractivity contribution in [3.05, 3.63) is 52.9 Å². The summed E-state index contributed by atoms with van der Waals surface area (Å²) >= 11 is 5.94. The zero-order valence-electron chi connectivity index (χ0n) is 10.6. The number of aliphatic hydroxyl groups is 1. The number of hydrogen-bond donors (Lipinski definition) is 2. The van der Waals surface area contributed by atoms with Gasteiger partial charge in [-0.05, 0) is 18.2 Å². The van der Waals surface area contributed by atoms with Crippen LogP contribution < -0.4 is 10.1 Å². The standard InChI is InChI=1S/C14H14ClFN2O2/c15-12-2-1-3-13(16)11(12)9-17-10-4-5-14(18-8-10)20-7-6-19/h1-5,8,17,19H,6-7,9H2. The maximum Gasteiger partial charge on any atom is 0.213 e. The second kappa shape index (κ2) is 7.07. The molecule has 6 heteroatoms. The molecule has 0 atom stereocenters. The third-order valence-corrected chi connectivity index (χ3v) is 2.96. The van der Waals surface area contributed by atoms with Crippen LogP contribution in [0.1, 0.15) is 5.56 Å². The van der Waals surface area contributed by atoms with Crippen LogP contribution in [0.2, 0.25) is 5.02 Å². The van der Waals surface area contributed by atoms with Gasteiger partial charge in [0.05, 0.1) is 18.5 Å². The van der Waals surface area contributed by atoms with Crippen molar-refractivity contribution in [2.24, 2.45) is 0 Å². The zero-order chi connectivity index (χ0) is 14.4. The van der Waals surface area contributed by atoms with Crippen molar-refractivity contribution in [3.63, 3.8) is 0 Å². The Balaban J connectivity index is 1.97. The van der Waals surface area contributed by atoms with Gasteiger partial charge in [0.1, 0.15) is 12.4 Å². The first-order valence-corrected chi connectivity index (χ1v) is 6.45. The Labute approximate surface area is 121 Å². The lowest BCUT2D eigenvalue weighted by atomic mass is 10.2. The SMILES string of the molecule is OCCOc1ccc(NCc2c(F)cccc2Cl)cn1. The van der Waals surface area contributed by atoms with E-state index >= 15 is 0 Å². The largest absolute Gasteiger partial charge is 0.475 e. The molecule has 0 radical (unpaired) electrons. The smallest absolute Gasteiger partial charge is 0.213 e. The lowest BCUT2D eigenvalue weighted by Gasteiger charge is -2.09. The van der Waals surface area contributed by atoms with Gasteiger partial charge in [0, 0.05) is 23.2 Å². The van der Waals surface area contributed by atoms with Crippen LogP contribution in [0.5, 0.6) is 5.88 Å². The van der Waals surface area contributed by atoms with Crippen LogP contribution >= 0.6 is 11.6 Å². The van der Waals surface area contributed by atoms with E-state index in [4.69, 9.17) is 21.4 Å². The number of aromatic nitrogens is 1. The topological polar surface area (TPSA) is 54.4 Å². The molecule has 1 aromatic carbocycles. The fourth-order valence-corrected chi connectivity index (χ4v) is 1.84. The number of nitrogens with one attached hydrogen (secondary N) is 1. The van der Waals surface area contributed by atoms with Crippen molar-refractivity contribution >= 4 is 17.3 Å². The van der Waals surface area contributed by atoms with E-state index < -0.39 is 0 Å². The Morgan fingerprint density at radius 3 is 2.80 bits per heavy atom. The number of hydrogen-bond acceptors (Lipinski definition) is 4. The fraction of sp³-hybridized carbons (Fsp3) is 0.214. The number of halogens is 2. The van der Waals surface area contributed by atoms with E-state index in [0.29, 0.717) is 16.5 Å². The maximum absolute atomic E-state index is 13.6. The Hall–Kier alpha value is -1.85. The first-order valence-electron chi connectivity index (χ1n) is 6.07. The van der Waals surface area contributed by atoms with Crippen LogP contribution in [0.4, 0.5) is 10.1 Å². The normalized spacial score (nSPS) is 10.3. The van der Waals surface area contributed by atoms with Gasteiger partial charge in [-0.3, -0.25) is 0 Å². The van der Waals surface area contributed by atoms with Crippen molar-refractivity contribution in [1.29, 1.82) is 0 Å². The Morgan fingerprint density at radius 1 is 1.30 bits per heavy atom. The van der Waals surface area contributed by atoms with E-state index in [1.54, 1.807) is 30.5 Å². The summed E-state index contributed by atoms with van der Waals surface area (Å²) in [5.41, 5.74) is 1.13. The average Bonchev–Trinajstić information content (AvgIpc) is 2.46. The zero-order valence-corrected chi connectivity index (χ0v) is 11.4. The lowest BCUT2D eigenvalue weighted by molar-refractivity contribution is 0.196. The number of anilines is 1. The molecule has 0 amide bonds. The molecule has 4 nitrogen and oxygen atoms in total. The highest BCUT2D eigenvalue weighted by Crippen LogP contribution is 2.20. The molecule has 0 aliphatic heterocycles. The minimum Gasteiger partial charge on any atom is -0.475 e. The molecule has 0 aliphatic carbocycles. The Bertz CT molecular complexity index is 543. The van der Waals surface area contributed by atoms with E-state index in [0.717, 1.165) is 5.69 Å². The van der Waals surface area contributed by atoms with Crippen molar-refractivity contribution in [1.82, 2.24) is 4.98 Å². The summed E-state index contributed by atoms with van der Waals surface area (Å²) in [4.78, 5) is 4.05. The molecule has 2 N–H and O–H groups in total. The molecule has 0 fully saturated rings.